The molecule has 0 amide bonds. The summed E-state index contributed by atoms with van der Waals surface area (Å²) in [5, 5.41) is 3.31. The van der Waals surface area contributed by atoms with Crippen molar-refractivity contribution in [3.8, 4) is 0 Å². The zero-order valence-electron chi connectivity index (χ0n) is 11.7. The van der Waals surface area contributed by atoms with E-state index in [0.29, 0.717) is 12.3 Å². The van der Waals surface area contributed by atoms with E-state index in [4.69, 9.17) is 0 Å². The molecule has 1 aromatic carbocycles. The molecule has 0 aliphatic heterocycles. The Bertz CT molecular complexity index is 385. The highest BCUT2D eigenvalue weighted by molar-refractivity contribution is 5.53. The maximum Gasteiger partial charge on any atom is 0.389 e. The molecule has 0 saturated heterocycles. The minimum Gasteiger partial charge on any atom is -0.382 e. The van der Waals surface area contributed by atoms with Crippen LogP contribution in [0.15, 0.2) is 24.3 Å². The van der Waals surface area contributed by atoms with Crippen molar-refractivity contribution in [3.63, 3.8) is 0 Å². The first-order valence-corrected chi connectivity index (χ1v) is 6.72. The average molecular weight is 273 g/mol. The second-order valence-electron chi connectivity index (χ2n) is 5.29. The molecule has 0 bridgehead atoms. The van der Waals surface area contributed by atoms with Crippen LogP contribution in [-0.2, 0) is 0 Å². The second kappa shape index (κ2) is 6.83. The van der Waals surface area contributed by atoms with Gasteiger partial charge in [-0.05, 0) is 37.3 Å². The van der Waals surface area contributed by atoms with Crippen molar-refractivity contribution < 1.29 is 13.2 Å². The fraction of sp³-hybridized carbons (Fsp3) is 0.600. The van der Waals surface area contributed by atoms with Crippen molar-refractivity contribution in [2.75, 3.05) is 5.32 Å². The van der Waals surface area contributed by atoms with Crippen LogP contribution >= 0.6 is 0 Å². The fourth-order valence-electron chi connectivity index (χ4n) is 2.08. The van der Waals surface area contributed by atoms with Gasteiger partial charge in [0.1, 0.15) is 0 Å². The van der Waals surface area contributed by atoms with Crippen LogP contribution in [0.5, 0.6) is 0 Å². The molecule has 0 aliphatic carbocycles. The number of hydrogen-bond donors (Lipinski definition) is 1. The number of benzene rings is 1. The average Bonchev–Trinajstić information content (AvgIpc) is 2.27. The monoisotopic (exact) mass is 273 g/mol. The van der Waals surface area contributed by atoms with Gasteiger partial charge in [-0.3, -0.25) is 0 Å². The lowest BCUT2D eigenvalue weighted by atomic mass is 10.0. The van der Waals surface area contributed by atoms with Crippen molar-refractivity contribution in [2.24, 2.45) is 0 Å². The van der Waals surface area contributed by atoms with Crippen LogP contribution in [-0.4, -0.2) is 12.2 Å². The van der Waals surface area contributed by atoms with Gasteiger partial charge in [0.2, 0.25) is 0 Å². The molecule has 0 aliphatic rings. The van der Waals surface area contributed by atoms with Crippen LogP contribution in [0.3, 0.4) is 0 Å². The van der Waals surface area contributed by atoms with E-state index >= 15 is 0 Å². The molecule has 0 aromatic heterocycles. The lowest BCUT2D eigenvalue weighted by Gasteiger charge is -2.20. The third-order valence-electron chi connectivity index (χ3n) is 3.08. The minimum atomic E-state index is -4.05. The van der Waals surface area contributed by atoms with Crippen molar-refractivity contribution >= 4 is 5.69 Å². The molecule has 1 nitrogen and oxygen atoms in total. The van der Waals surface area contributed by atoms with Gasteiger partial charge in [0.05, 0.1) is 0 Å². The van der Waals surface area contributed by atoms with Gasteiger partial charge in [0, 0.05) is 18.2 Å². The second-order valence-corrected chi connectivity index (χ2v) is 5.29. The van der Waals surface area contributed by atoms with Gasteiger partial charge >= 0.3 is 6.18 Å². The summed E-state index contributed by atoms with van der Waals surface area (Å²) in [6, 6.07) is 8.00. The first-order valence-electron chi connectivity index (χ1n) is 6.72. The number of halogens is 3. The molecule has 0 heterocycles. The molecule has 4 heteroatoms. The van der Waals surface area contributed by atoms with Gasteiger partial charge in [0.25, 0.3) is 0 Å². The van der Waals surface area contributed by atoms with Gasteiger partial charge in [-0.15, -0.1) is 0 Å². The molecular formula is C15H22F3N. The molecule has 1 atom stereocenters. The van der Waals surface area contributed by atoms with Crippen LogP contribution in [0.2, 0.25) is 0 Å². The van der Waals surface area contributed by atoms with Crippen molar-refractivity contribution in [2.45, 2.75) is 58.2 Å². The molecule has 0 spiro atoms. The smallest absolute Gasteiger partial charge is 0.382 e. The Labute approximate surface area is 113 Å². The summed E-state index contributed by atoms with van der Waals surface area (Å²) >= 11 is 0. The Morgan fingerprint density at radius 3 is 2.32 bits per heavy atom. The summed E-state index contributed by atoms with van der Waals surface area (Å²) in [7, 11) is 0. The van der Waals surface area contributed by atoms with Crippen LogP contribution < -0.4 is 5.32 Å². The van der Waals surface area contributed by atoms with Crippen LogP contribution in [0, 0.1) is 0 Å². The largest absolute Gasteiger partial charge is 0.389 e. The predicted octanol–water partition coefficient (Wildman–Crippen LogP) is 5.34. The maximum absolute atomic E-state index is 12.1. The third-order valence-corrected chi connectivity index (χ3v) is 3.08. The fourth-order valence-corrected chi connectivity index (χ4v) is 2.08. The Balaban J connectivity index is 2.51. The van der Waals surface area contributed by atoms with Gasteiger partial charge in [-0.25, -0.2) is 0 Å². The highest BCUT2D eigenvalue weighted by Gasteiger charge is 2.26. The van der Waals surface area contributed by atoms with Crippen molar-refractivity contribution in [3.05, 3.63) is 29.8 Å². The number of rotatable bonds is 6. The van der Waals surface area contributed by atoms with E-state index in [1.807, 2.05) is 25.1 Å². The minimum absolute atomic E-state index is 0.0437. The maximum atomic E-state index is 12.1. The first kappa shape index (κ1) is 15.9. The number of para-hydroxylation sites is 1. The van der Waals surface area contributed by atoms with Crippen molar-refractivity contribution in [1.29, 1.82) is 0 Å². The van der Waals surface area contributed by atoms with E-state index in [2.05, 4.69) is 25.2 Å². The molecule has 1 rings (SSSR count). The summed E-state index contributed by atoms with van der Waals surface area (Å²) in [6.45, 7) is 6.14. The van der Waals surface area contributed by atoms with E-state index in [0.717, 1.165) is 5.69 Å². The number of anilines is 1. The highest BCUT2D eigenvalue weighted by Crippen LogP contribution is 2.26. The number of nitrogens with one attached hydrogen (secondary N) is 1. The molecule has 0 radical (unpaired) electrons. The van der Waals surface area contributed by atoms with Crippen LogP contribution in [0.25, 0.3) is 0 Å². The van der Waals surface area contributed by atoms with Gasteiger partial charge in [-0.2, -0.15) is 13.2 Å². The SMILES string of the molecule is CC(CCCC(F)(F)F)Nc1ccccc1C(C)C. The van der Waals surface area contributed by atoms with Gasteiger partial charge in [0.15, 0.2) is 0 Å². The summed E-state index contributed by atoms with van der Waals surface area (Å²) in [5.74, 6) is 0.395. The van der Waals surface area contributed by atoms with Crippen LogP contribution in [0.4, 0.5) is 18.9 Å². The van der Waals surface area contributed by atoms with E-state index < -0.39 is 12.6 Å². The third kappa shape index (κ3) is 5.99. The van der Waals surface area contributed by atoms with Gasteiger partial charge < -0.3 is 5.32 Å². The number of alkyl halides is 3. The standard InChI is InChI=1S/C15H22F3N/c1-11(2)13-8-4-5-9-14(13)19-12(3)7-6-10-15(16,17)18/h4-5,8-9,11-12,19H,6-7,10H2,1-3H3. The Kier molecular flexibility index (Phi) is 5.70. The molecular weight excluding hydrogens is 251 g/mol. The van der Waals surface area contributed by atoms with E-state index in [-0.39, 0.29) is 12.5 Å². The first-order chi connectivity index (χ1) is 8.79. The lowest BCUT2D eigenvalue weighted by Crippen LogP contribution is -2.17. The lowest BCUT2D eigenvalue weighted by molar-refractivity contribution is -0.135. The predicted molar refractivity (Wildman–Crippen MR) is 73.5 cm³/mol. The number of hydrogen-bond acceptors (Lipinski definition) is 1. The molecule has 1 aromatic rings. The Hall–Kier alpha value is -1.19. The summed E-state index contributed by atoms with van der Waals surface area (Å²) in [4.78, 5) is 0. The van der Waals surface area contributed by atoms with E-state index in [1.165, 1.54) is 5.56 Å². The topological polar surface area (TPSA) is 12.0 Å². The summed E-state index contributed by atoms with van der Waals surface area (Å²) < 4.78 is 36.2. The Morgan fingerprint density at radius 1 is 1.11 bits per heavy atom. The summed E-state index contributed by atoms with van der Waals surface area (Å²) in [6.07, 6.45) is -4.06. The quantitative estimate of drug-likeness (QED) is 0.737. The van der Waals surface area contributed by atoms with E-state index in [9.17, 15) is 13.2 Å². The van der Waals surface area contributed by atoms with Crippen LogP contribution in [0.1, 0.15) is 51.5 Å². The molecule has 1 N–H and O–H groups in total. The normalized spacial score (nSPS) is 13.6. The van der Waals surface area contributed by atoms with Crippen molar-refractivity contribution in [1.82, 2.24) is 0 Å². The summed E-state index contributed by atoms with van der Waals surface area (Å²) in [5.41, 5.74) is 2.22. The highest BCUT2D eigenvalue weighted by atomic mass is 19.4. The molecule has 1 unspecified atom stereocenters. The van der Waals surface area contributed by atoms with E-state index in [1.54, 1.807) is 0 Å². The zero-order valence-corrected chi connectivity index (χ0v) is 11.7. The Morgan fingerprint density at radius 2 is 1.74 bits per heavy atom. The zero-order chi connectivity index (χ0) is 14.5. The molecule has 108 valence electrons. The molecule has 19 heavy (non-hydrogen) atoms. The molecule has 0 saturated carbocycles. The van der Waals surface area contributed by atoms with Gasteiger partial charge in [-0.1, -0.05) is 32.0 Å². The molecule has 0 fully saturated rings.